The van der Waals surface area contributed by atoms with E-state index in [2.05, 4.69) is 31.3 Å². The zero-order valence-corrected chi connectivity index (χ0v) is 16.4. The van der Waals surface area contributed by atoms with Crippen LogP contribution in [0.5, 0.6) is 0 Å². The lowest BCUT2D eigenvalue weighted by atomic mass is 10.2. The number of halogens is 2. The number of rotatable bonds is 4. The summed E-state index contributed by atoms with van der Waals surface area (Å²) in [6, 6.07) is 13.4. The third-order valence-corrected chi connectivity index (χ3v) is 5.03. The van der Waals surface area contributed by atoms with E-state index in [-0.39, 0.29) is 11.7 Å². The number of benzene rings is 2. The maximum Gasteiger partial charge on any atom is 0.295 e. The van der Waals surface area contributed by atoms with E-state index in [0.29, 0.717) is 16.6 Å². The summed E-state index contributed by atoms with van der Waals surface area (Å²) in [6.45, 7) is 1.89. The highest BCUT2D eigenvalue weighted by Gasteiger charge is 2.31. The lowest BCUT2D eigenvalue weighted by Crippen LogP contribution is -2.15. The highest BCUT2D eigenvalue weighted by molar-refractivity contribution is 9.10. The molecular weight excluding hydrogens is 416 g/mol. The van der Waals surface area contributed by atoms with Crippen molar-refractivity contribution in [3.8, 4) is 5.69 Å². The maximum atomic E-state index is 12.7. The summed E-state index contributed by atoms with van der Waals surface area (Å²) in [7, 11) is 0. The van der Waals surface area contributed by atoms with Crippen LogP contribution >= 0.6 is 27.5 Å². The van der Waals surface area contributed by atoms with Gasteiger partial charge in [0.2, 0.25) is 5.82 Å². The van der Waals surface area contributed by atoms with Crippen LogP contribution in [0, 0.1) is 6.92 Å². The molecule has 1 N–H and O–H groups in total. The summed E-state index contributed by atoms with van der Waals surface area (Å²) in [5.41, 5.74) is 2.34. The zero-order chi connectivity index (χ0) is 18.3. The minimum absolute atomic E-state index is 0.147. The second-order valence-corrected chi connectivity index (χ2v) is 7.67. The molecule has 0 radical (unpaired) electrons. The largest absolute Gasteiger partial charge is 0.318 e. The Morgan fingerprint density at radius 3 is 2.65 bits per heavy atom. The second kappa shape index (κ2) is 6.85. The number of para-hydroxylation sites is 1. The first-order chi connectivity index (χ1) is 12.5. The monoisotopic (exact) mass is 430 g/mol. The molecule has 5 nitrogen and oxygen atoms in total. The lowest BCUT2D eigenvalue weighted by molar-refractivity contribution is 0.101. The van der Waals surface area contributed by atoms with Gasteiger partial charge in [0.15, 0.2) is 0 Å². The maximum absolute atomic E-state index is 12.7. The van der Waals surface area contributed by atoms with Crippen molar-refractivity contribution in [3.05, 3.63) is 69.2 Å². The molecule has 2 aromatic carbocycles. The first kappa shape index (κ1) is 17.2. The normalized spacial score (nSPS) is 13.7. The van der Waals surface area contributed by atoms with Gasteiger partial charge in [-0.15, -0.1) is 5.10 Å². The molecule has 1 aliphatic rings. The van der Waals surface area contributed by atoms with E-state index in [9.17, 15) is 4.79 Å². The number of anilines is 1. The summed E-state index contributed by atoms with van der Waals surface area (Å²) in [5, 5.41) is 7.77. The molecule has 3 aromatic rings. The van der Waals surface area contributed by atoms with Gasteiger partial charge in [0.1, 0.15) is 5.82 Å². The number of amides is 1. The minimum atomic E-state index is -0.367. The van der Waals surface area contributed by atoms with E-state index < -0.39 is 0 Å². The van der Waals surface area contributed by atoms with Gasteiger partial charge in [0.25, 0.3) is 5.91 Å². The Bertz CT molecular complexity index is 959. The first-order valence-electron chi connectivity index (χ1n) is 8.32. The third kappa shape index (κ3) is 3.39. The van der Waals surface area contributed by atoms with E-state index >= 15 is 0 Å². The van der Waals surface area contributed by atoms with Crippen LogP contribution in [0.1, 0.15) is 40.8 Å². The number of carbonyl (C=O) groups is 1. The van der Waals surface area contributed by atoms with Gasteiger partial charge in [0.05, 0.1) is 16.4 Å². The smallest absolute Gasteiger partial charge is 0.295 e. The topological polar surface area (TPSA) is 59.8 Å². The van der Waals surface area contributed by atoms with E-state index in [4.69, 9.17) is 11.6 Å². The van der Waals surface area contributed by atoms with Gasteiger partial charge in [-0.05, 0) is 49.6 Å². The Balaban J connectivity index is 1.67. The Morgan fingerprint density at radius 1 is 1.27 bits per heavy atom. The fourth-order valence-corrected chi connectivity index (χ4v) is 3.83. The van der Waals surface area contributed by atoms with Gasteiger partial charge in [-0.1, -0.05) is 45.7 Å². The molecule has 0 spiro atoms. The molecule has 132 valence electrons. The second-order valence-electron chi connectivity index (χ2n) is 6.35. The number of carbonyl (C=O) groups excluding carboxylic acids is 1. The van der Waals surface area contributed by atoms with E-state index in [1.807, 2.05) is 43.3 Å². The molecule has 7 heteroatoms. The Morgan fingerprint density at radius 2 is 2.00 bits per heavy atom. The quantitative estimate of drug-likeness (QED) is 0.623. The molecule has 0 saturated heterocycles. The Kier molecular flexibility index (Phi) is 4.54. The molecule has 0 unspecified atom stereocenters. The van der Waals surface area contributed by atoms with Crippen LogP contribution in [-0.4, -0.2) is 20.7 Å². The number of aromatic nitrogens is 3. The van der Waals surface area contributed by atoms with Gasteiger partial charge in [0, 0.05) is 10.4 Å². The van der Waals surface area contributed by atoms with Gasteiger partial charge in [-0.3, -0.25) is 4.79 Å². The average Bonchev–Trinajstić information content (AvgIpc) is 3.37. The van der Waals surface area contributed by atoms with Crippen molar-refractivity contribution in [2.24, 2.45) is 0 Å². The number of hydrogen-bond donors (Lipinski definition) is 1. The molecule has 26 heavy (non-hydrogen) atoms. The van der Waals surface area contributed by atoms with Crippen molar-refractivity contribution in [1.82, 2.24) is 14.8 Å². The summed E-state index contributed by atoms with van der Waals surface area (Å²) in [6.07, 6.45) is 2.15. The molecule has 1 aromatic heterocycles. The van der Waals surface area contributed by atoms with Crippen LogP contribution in [0.3, 0.4) is 0 Å². The fourth-order valence-electron chi connectivity index (χ4n) is 2.82. The van der Waals surface area contributed by atoms with Crippen molar-refractivity contribution >= 4 is 39.1 Å². The summed E-state index contributed by atoms with van der Waals surface area (Å²) in [4.78, 5) is 17.2. The molecule has 0 bridgehead atoms. The van der Waals surface area contributed by atoms with Crippen molar-refractivity contribution in [2.75, 3.05) is 5.32 Å². The molecule has 1 amide bonds. The molecule has 1 fully saturated rings. The predicted molar refractivity (Wildman–Crippen MR) is 105 cm³/mol. The van der Waals surface area contributed by atoms with Crippen LogP contribution in [0.4, 0.5) is 5.69 Å². The molecule has 0 atom stereocenters. The van der Waals surface area contributed by atoms with Crippen molar-refractivity contribution in [2.45, 2.75) is 25.7 Å². The van der Waals surface area contributed by atoms with Crippen molar-refractivity contribution in [3.63, 3.8) is 0 Å². The van der Waals surface area contributed by atoms with E-state index in [1.165, 1.54) is 0 Å². The zero-order valence-electron chi connectivity index (χ0n) is 14.0. The van der Waals surface area contributed by atoms with E-state index in [1.54, 1.807) is 10.7 Å². The molecule has 1 heterocycles. The SMILES string of the molecule is Cc1cc(Br)cc(Cl)c1NC(=O)c1nc(C2CC2)n(-c2ccccc2)n1. The number of nitrogens with zero attached hydrogens (tertiary/aromatic N) is 3. The minimum Gasteiger partial charge on any atom is -0.318 e. The summed E-state index contributed by atoms with van der Waals surface area (Å²) in [5.74, 6) is 0.977. The first-order valence-corrected chi connectivity index (χ1v) is 9.49. The van der Waals surface area contributed by atoms with Crippen LogP contribution in [-0.2, 0) is 0 Å². The Labute approximate surface area is 164 Å². The van der Waals surface area contributed by atoms with Crippen LogP contribution in [0.25, 0.3) is 5.69 Å². The van der Waals surface area contributed by atoms with Gasteiger partial charge in [-0.25, -0.2) is 9.67 Å². The van der Waals surface area contributed by atoms with Gasteiger partial charge in [-0.2, -0.15) is 0 Å². The standard InChI is InChI=1S/C19H16BrClN4O/c1-11-9-13(20)10-15(21)16(11)22-19(26)17-23-18(12-7-8-12)25(24-17)14-5-3-2-4-6-14/h2-6,9-10,12H,7-8H2,1H3,(H,22,26). The van der Waals surface area contributed by atoms with Crippen LogP contribution < -0.4 is 5.32 Å². The predicted octanol–water partition coefficient (Wildman–Crippen LogP) is 5.12. The third-order valence-electron chi connectivity index (χ3n) is 4.27. The average molecular weight is 432 g/mol. The Hall–Kier alpha value is -2.18. The molecule has 0 aliphatic heterocycles. The highest BCUT2D eigenvalue weighted by Crippen LogP contribution is 2.40. The van der Waals surface area contributed by atoms with Crippen molar-refractivity contribution < 1.29 is 4.79 Å². The van der Waals surface area contributed by atoms with Gasteiger partial charge >= 0.3 is 0 Å². The summed E-state index contributed by atoms with van der Waals surface area (Å²) < 4.78 is 2.63. The highest BCUT2D eigenvalue weighted by atomic mass is 79.9. The van der Waals surface area contributed by atoms with Crippen molar-refractivity contribution in [1.29, 1.82) is 0 Å². The lowest BCUT2D eigenvalue weighted by Gasteiger charge is -2.09. The fraction of sp³-hybridized carbons (Fsp3) is 0.211. The van der Waals surface area contributed by atoms with Crippen LogP contribution in [0.2, 0.25) is 5.02 Å². The van der Waals surface area contributed by atoms with E-state index in [0.717, 1.165) is 34.4 Å². The number of aryl methyl sites for hydroxylation is 1. The summed E-state index contributed by atoms with van der Waals surface area (Å²) >= 11 is 9.66. The molecular formula is C19H16BrClN4O. The van der Waals surface area contributed by atoms with Gasteiger partial charge < -0.3 is 5.32 Å². The molecule has 1 aliphatic carbocycles. The molecule has 1 saturated carbocycles. The number of hydrogen-bond acceptors (Lipinski definition) is 3. The molecule has 4 rings (SSSR count). The van der Waals surface area contributed by atoms with Crippen LogP contribution in [0.15, 0.2) is 46.9 Å². The number of nitrogens with one attached hydrogen (secondary N) is 1.